The lowest BCUT2D eigenvalue weighted by Crippen LogP contribution is -2.38. The number of aromatic nitrogens is 1. The predicted octanol–water partition coefficient (Wildman–Crippen LogP) is 3.29. The number of carbonyl (C=O) groups excluding carboxylic acids is 1. The number of hydrogen-bond donors (Lipinski definition) is 1. The van der Waals surface area contributed by atoms with E-state index in [1.807, 2.05) is 11.0 Å². The number of nitrogens with zero attached hydrogens (tertiary/aromatic N) is 3. The van der Waals surface area contributed by atoms with Crippen molar-refractivity contribution in [3.63, 3.8) is 0 Å². The summed E-state index contributed by atoms with van der Waals surface area (Å²) in [6.45, 7) is 10.2. The van der Waals surface area contributed by atoms with Gasteiger partial charge in [-0.15, -0.1) is 0 Å². The normalized spacial score (nSPS) is 24.0. The highest BCUT2D eigenvalue weighted by Gasteiger charge is 2.34. The van der Waals surface area contributed by atoms with Gasteiger partial charge in [0.25, 0.3) is 5.91 Å². The average molecular weight is 354 g/mol. The molecule has 1 amide bonds. The average Bonchev–Trinajstić information content (AvgIpc) is 3.13. The second-order valence-electron chi connectivity index (χ2n) is 8.84. The Morgan fingerprint density at radius 3 is 2.85 bits per heavy atom. The molecule has 0 aromatic carbocycles. The third-order valence-electron chi connectivity index (χ3n) is 6.33. The summed E-state index contributed by atoms with van der Waals surface area (Å²) < 4.78 is 0. The van der Waals surface area contributed by atoms with E-state index in [1.165, 1.54) is 25.0 Å². The number of hydrogen-bond acceptors (Lipinski definition) is 4. The van der Waals surface area contributed by atoms with Crippen LogP contribution in [-0.4, -0.2) is 52.4 Å². The molecule has 0 radical (unpaired) electrons. The molecule has 5 heteroatoms. The van der Waals surface area contributed by atoms with E-state index in [1.54, 1.807) is 6.20 Å². The highest BCUT2D eigenvalue weighted by atomic mass is 16.2. The Labute approximate surface area is 156 Å². The van der Waals surface area contributed by atoms with Gasteiger partial charge in [-0.05, 0) is 57.1 Å². The fourth-order valence-electron chi connectivity index (χ4n) is 4.40. The molecule has 0 unspecified atom stereocenters. The molecule has 1 aliphatic carbocycles. The van der Waals surface area contributed by atoms with E-state index in [4.69, 9.17) is 0 Å². The number of fused-ring (bicyclic) bond motifs is 1. The molecule has 1 atom stereocenters. The van der Waals surface area contributed by atoms with Crippen LogP contribution >= 0.6 is 0 Å². The number of pyridine rings is 1. The van der Waals surface area contributed by atoms with Gasteiger partial charge in [-0.25, -0.2) is 4.98 Å². The lowest BCUT2D eigenvalue weighted by molar-refractivity contribution is 0.0781. The number of amides is 1. The van der Waals surface area contributed by atoms with Crippen LogP contribution in [0, 0.1) is 5.92 Å². The van der Waals surface area contributed by atoms with Crippen molar-refractivity contribution in [3.05, 3.63) is 35.7 Å². The van der Waals surface area contributed by atoms with Gasteiger partial charge in [-0.1, -0.05) is 13.0 Å². The molecule has 5 nitrogen and oxygen atoms in total. The largest absolute Gasteiger partial charge is 0.373 e. The van der Waals surface area contributed by atoms with Crippen molar-refractivity contribution in [3.8, 4) is 0 Å². The van der Waals surface area contributed by atoms with Gasteiger partial charge < -0.3 is 15.1 Å². The fraction of sp³-hybridized carbons (Fsp3) is 0.619. The van der Waals surface area contributed by atoms with Crippen LogP contribution < -0.4 is 5.32 Å². The van der Waals surface area contributed by atoms with Gasteiger partial charge in [-0.2, -0.15) is 0 Å². The summed E-state index contributed by atoms with van der Waals surface area (Å²) in [4.78, 5) is 21.8. The molecule has 2 fully saturated rings. The molecule has 0 bridgehead atoms. The van der Waals surface area contributed by atoms with Crippen LogP contribution in [0.15, 0.2) is 24.5 Å². The number of rotatable bonds is 4. The number of likely N-dealkylation sites (N-methyl/N-ethyl adjacent to an activating group) is 1. The summed E-state index contributed by atoms with van der Waals surface area (Å²) in [5, 5.41) is 3.41. The molecule has 140 valence electrons. The van der Waals surface area contributed by atoms with Crippen LogP contribution in [0.25, 0.3) is 0 Å². The van der Waals surface area contributed by atoms with Crippen molar-refractivity contribution in [2.45, 2.75) is 57.5 Å². The first-order valence-corrected chi connectivity index (χ1v) is 9.82. The third-order valence-corrected chi connectivity index (χ3v) is 6.33. The van der Waals surface area contributed by atoms with Crippen molar-refractivity contribution in [1.29, 1.82) is 0 Å². The monoisotopic (exact) mass is 354 g/mol. The number of allylic oxidation sites excluding steroid dienone is 1. The predicted molar refractivity (Wildman–Crippen MR) is 104 cm³/mol. The maximum absolute atomic E-state index is 13.0. The van der Waals surface area contributed by atoms with Crippen LogP contribution in [0.4, 0.5) is 5.82 Å². The number of likely N-dealkylation sites (tertiary alicyclic amines) is 1. The Morgan fingerprint density at radius 1 is 1.38 bits per heavy atom. The Balaban J connectivity index is 1.41. The zero-order valence-corrected chi connectivity index (χ0v) is 16.2. The fourth-order valence-corrected chi connectivity index (χ4v) is 4.40. The molecule has 2 aliphatic heterocycles. The van der Waals surface area contributed by atoms with Gasteiger partial charge in [0.05, 0.1) is 5.56 Å². The van der Waals surface area contributed by atoms with Gasteiger partial charge in [0.2, 0.25) is 0 Å². The molecule has 1 saturated carbocycles. The lowest BCUT2D eigenvalue weighted by Gasteiger charge is -2.37. The standard InChI is InChI=1S/C21H30N4O/c1-14(15-6-5-7-15)24(4)18-8-9-25(13-18)20(26)17-10-16-11-21(2,3)23-19(16)22-12-17/h10,12,15,18H,1,5-9,11,13H2,2-4H3,(H,22,23)/t18-/m0/s1. The first kappa shape index (κ1) is 17.4. The summed E-state index contributed by atoms with van der Waals surface area (Å²) in [5.41, 5.74) is 3.12. The van der Waals surface area contributed by atoms with Crippen LogP contribution in [-0.2, 0) is 6.42 Å². The van der Waals surface area contributed by atoms with Crippen LogP contribution in [0.5, 0.6) is 0 Å². The maximum atomic E-state index is 13.0. The quantitative estimate of drug-likeness (QED) is 0.901. The number of anilines is 1. The molecule has 1 N–H and O–H groups in total. The van der Waals surface area contributed by atoms with Crippen molar-refractivity contribution in [2.75, 3.05) is 25.5 Å². The van der Waals surface area contributed by atoms with Crippen molar-refractivity contribution < 1.29 is 4.79 Å². The Hall–Kier alpha value is -2.04. The minimum atomic E-state index is 0.0142. The van der Waals surface area contributed by atoms with Crippen molar-refractivity contribution in [2.24, 2.45) is 5.92 Å². The Kier molecular flexibility index (Phi) is 4.20. The molecular formula is C21H30N4O. The van der Waals surface area contributed by atoms with E-state index in [-0.39, 0.29) is 11.4 Å². The Bertz CT molecular complexity index is 738. The Morgan fingerprint density at radius 2 is 2.15 bits per heavy atom. The van der Waals surface area contributed by atoms with Gasteiger partial charge in [0.15, 0.2) is 0 Å². The first-order valence-electron chi connectivity index (χ1n) is 9.82. The first-order chi connectivity index (χ1) is 12.3. The SMILES string of the molecule is C=C(C1CCC1)N(C)[C@H]1CCN(C(=O)c2cnc3c(c2)CC(C)(C)N3)C1. The summed E-state index contributed by atoms with van der Waals surface area (Å²) >= 11 is 0. The molecule has 3 aliphatic rings. The third kappa shape index (κ3) is 3.08. The highest BCUT2D eigenvalue weighted by Crippen LogP contribution is 2.35. The second kappa shape index (κ2) is 6.29. The molecule has 1 saturated heterocycles. The number of carbonyl (C=O) groups is 1. The minimum absolute atomic E-state index is 0.0142. The highest BCUT2D eigenvalue weighted by molar-refractivity contribution is 5.94. The zero-order chi connectivity index (χ0) is 18.5. The smallest absolute Gasteiger partial charge is 0.255 e. The summed E-state index contributed by atoms with van der Waals surface area (Å²) in [6.07, 6.45) is 7.50. The van der Waals surface area contributed by atoms with Gasteiger partial charge >= 0.3 is 0 Å². The molecular weight excluding hydrogens is 324 g/mol. The second-order valence-corrected chi connectivity index (χ2v) is 8.84. The molecule has 1 aromatic heterocycles. The summed E-state index contributed by atoms with van der Waals surface area (Å²) in [6, 6.07) is 2.41. The van der Waals surface area contributed by atoms with E-state index in [2.05, 4.69) is 42.7 Å². The van der Waals surface area contributed by atoms with Gasteiger partial charge in [0.1, 0.15) is 5.82 Å². The summed E-state index contributed by atoms with van der Waals surface area (Å²) in [7, 11) is 2.14. The van der Waals surface area contributed by atoms with Gasteiger partial charge in [-0.3, -0.25) is 4.79 Å². The van der Waals surface area contributed by atoms with Crippen molar-refractivity contribution >= 4 is 11.7 Å². The molecule has 4 rings (SSSR count). The van der Waals surface area contributed by atoms with Gasteiger partial charge in [0, 0.05) is 43.6 Å². The zero-order valence-electron chi connectivity index (χ0n) is 16.2. The van der Waals surface area contributed by atoms with E-state index < -0.39 is 0 Å². The molecule has 0 spiro atoms. The van der Waals surface area contributed by atoms with E-state index in [0.29, 0.717) is 17.5 Å². The van der Waals surface area contributed by atoms with E-state index >= 15 is 0 Å². The topological polar surface area (TPSA) is 48.5 Å². The van der Waals surface area contributed by atoms with Crippen LogP contribution in [0.3, 0.4) is 0 Å². The van der Waals surface area contributed by atoms with Crippen LogP contribution in [0.2, 0.25) is 0 Å². The lowest BCUT2D eigenvalue weighted by atomic mass is 9.82. The van der Waals surface area contributed by atoms with Crippen molar-refractivity contribution in [1.82, 2.24) is 14.8 Å². The van der Waals surface area contributed by atoms with E-state index in [9.17, 15) is 4.79 Å². The number of nitrogens with one attached hydrogen (secondary N) is 1. The molecule has 3 heterocycles. The molecule has 26 heavy (non-hydrogen) atoms. The van der Waals surface area contributed by atoms with Crippen LogP contribution in [0.1, 0.15) is 55.5 Å². The minimum Gasteiger partial charge on any atom is -0.373 e. The summed E-state index contributed by atoms with van der Waals surface area (Å²) in [5.74, 6) is 1.68. The maximum Gasteiger partial charge on any atom is 0.255 e. The molecule has 1 aromatic rings. The van der Waals surface area contributed by atoms with E-state index in [0.717, 1.165) is 37.3 Å².